The fourth-order valence-electron chi connectivity index (χ4n) is 1.47. The molecule has 0 heterocycles. The van der Waals surface area contributed by atoms with Crippen LogP contribution in [0.25, 0.3) is 0 Å². The zero-order valence-corrected chi connectivity index (χ0v) is 11.0. The summed E-state index contributed by atoms with van der Waals surface area (Å²) in [5.41, 5.74) is 0. The normalized spacial score (nSPS) is 16.9. The lowest BCUT2D eigenvalue weighted by Gasteiger charge is -2.25. The van der Waals surface area contributed by atoms with Gasteiger partial charge in [-0.2, -0.15) is 0 Å². The van der Waals surface area contributed by atoms with Crippen LogP contribution in [0.1, 0.15) is 40.5 Å². The van der Waals surface area contributed by atoms with Gasteiger partial charge in [-0.3, -0.25) is 4.79 Å². The standard InChI is InChI=1S/C12H26N2O/c1-7-9(2)11(4)13-10(3)8-12(15)14(5)6/h9-11,13H,7-8H2,1-6H3. The Morgan fingerprint density at radius 2 is 1.80 bits per heavy atom. The van der Waals surface area contributed by atoms with E-state index in [0.717, 1.165) is 0 Å². The van der Waals surface area contributed by atoms with Gasteiger partial charge in [0, 0.05) is 32.6 Å². The van der Waals surface area contributed by atoms with Crippen molar-refractivity contribution in [2.24, 2.45) is 5.92 Å². The Morgan fingerprint density at radius 3 is 2.20 bits per heavy atom. The van der Waals surface area contributed by atoms with Gasteiger partial charge in [0.15, 0.2) is 0 Å². The van der Waals surface area contributed by atoms with Crippen molar-refractivity contribution < 1.29 is 4.79 Å². The average molecular weight is 214 g/mol. The van der Waals surface area contributed by atoms with E-state index in [4.69, 9.17) is 0 Å². The quantitative estimate of drug-likeness (QED) is 0.732. The molecule has 0 aromatic rings. The van der Waals surface area contributed by atoms with Gasteiger partial charge >= 0.3 is 0 Å². The van der Waals surface area contributed by atoms with Crippen molar-refractivity contribution in [3.05, 3.63) is 0 Å². The van der Waals surface area contributed by atoms with Crippen LogP contribution < -0.4 is 5.32 Å². The minimum Gasteiger partial charge on any atom is -0.349 e. The first-order valence-corrected chi connectivity index (χ1v) is 5.84. The van der Waals surface area contributed by atoms with Gasteiger partial charge in [-0.25, -0.2) is 0 Å². The maximum atomic E-state index is 11.5. The Kier molecular flexibility index (Phi) is 6.57. The van der Waals surface area contributed by atoms with Crippen LogP contribution in [0.5, 0.6) is 0 Å². The molecule has 0 rings (SSSR count). The molecule has 0 aliphatic carbocycles. The van der Waals surface area contributed by atoms with Crippen LogP contribution in [-0.4, -0.2) is 37.0 Å². The summed E-state index contributed by atoms with van der Waals surface area (Å²) in [5, 5.41) is 3.47. The van der Waals surface area contributed by atoms with Gasteiger partial charge in [-0.15, -0.1) is 0 Å². The summed E-state index contributed by atoms with van der Waals surface area (Å²) in [6.07, 6.45) is 1.75. The highest BCUT2D eigenvalue weighted by molar-refractivity contribution is 5.76. The fraction of sp³-hybridized carbons (Fsp3) is 0.917. The molecule has 90 valence electrons. The van der Waals surface area contributed by atoms with E-state index in [1.165, 1.54) is 6.42 Å². The van der Waals surface area contributed by atoms with Crippen LogP contribution in [-0.2, 0) is 4.79 Å². The molecule has 0 aliphatic heterocycles. The van der Waals surface area contributed by atoms with Gasteiger partial charge in [0.25, 0.3) is 0 Å². The summed E-state index contributed by atoms with van der Waals surface area (Å²) >= 11 is 0. The van der Waals surface area contributed by atoms with Gasteiger partial charge in [-0.1, -0.05) is 20.3 Å². The average Bonchev–Trinajstić information content (AvgIpc) is 2.15. The molecule has 0 aromatic carbocycles. The predicted molar refractivity (Wildman–Crippen MR) is 64.8 cm³/mol. The molecule has 0 aromatic heterocycles. The summed E-state index contributed by atoms with van der Waals surface area (Å²) in [7, 11) is 3.60. The lowest BCUT2D eigenvalue weighted by atomic mass is 10.00. The maximum absolute atomic E-state index is 11.5. The Bertz CT molecular complexity index is 192. The topological polar surface area (TPSA) is 32.3 Å². The van der Waals surface area contributed by atoms with E-state index in [1.54, 1.807) is 19.0 Å². The van der Waals surface area contributed by atoms with Crippen LogP contribution in [0.15, 0.2) is 0 Å². The number of nitrogens with one attached hydrogen (secondary N) is 1. The molecule has 1 amide bonds. The van der Waals surface area contributed by atoms with E-state index in [0.29, 0.717) is 18.4 Å². The number of hydrogen-bond acceptors (Lipinski definition) is 2. The molecule has 3 heteroatoms. The summed E-state index contributed by atoms with van der Waals surface area (Å²) in [5.74, 6) is 0.841. The molecule has 3 nitrogen and oxygen atoms in total. The molecule has 0 bridgehead atoms. The predicted octanol–water partition coefficient (Wildman–Crippen LogP) is 1.88. The van der Waals surface area contributed by atoms with Crippen LogP contribution >= 0.6 is 0 Å². The van der Waals surface area contributed by atoms with Crippen LogP contribution in [0, 0.1) is 5.92 Å². The molecular formula is C12H26N2O. The Morgan fingerprint density at radius 1 is 1.27 bits per heavy atom. The van der Waals surface area contributed by atoms with Gasteiger partial charge in [0.2, 0.25) is 5.91 Å². The van der Waals surface area contributed by atoms with E-state index >= 15 is 0 Å². The second-order valence-electron chi connectivity index (χ2n) is 4.73. The van der Waals surface area contributed by atoms with Crippen molar-refractivity contribution in [1.29, 1.82) is 0 Å². The van der Waals surface area contributed by atoms with Crippen molar-refractivity contribution in [3.63, 3.8) is 0 Å². The first-order chi connectivity index (χ1) is 6.88. The number of carbonyl (C=O) groups excluding carboxylic acids is 1. The molecular weight excluding hydrogens is 188 g/mol. The van der Waals surface area contributed by atoms with Crippen molar-refractivity contribution in [3.8, 4) is 0 Å². The van der Waals surface area contributed by atoms with Gasteiger partial charge in [0.1, 0.15) is 0 Å². The number of nitrogens with zero attached hydrogens (tertiary/aromatic N) is 1. The highest BCUT2D eigenvalue weighted by atomic mass is 16.2. The molecule has 0 saturated carbocycles. The Labute approximate surface area is 94.2 Å². The summed E-state index contributed by atoms with van der Waals surface area (Å²) in [4.78, 5) is 13.1. The molecule has 0 radical (unpaired) electrons. The molecule has 1 N–H and O–H groups in total. The Balaban J connectivity index is 3.92. The summed E-state index contributed by atoms with van der Waals surface area (Å²) < 4.78 is 0. The van der Waals surface area contributed by atoms with E-state index in [-0.39, 0.29) is 11.9 Å². The van der Waals surface area contributed by atoms with Crippen molar-refractivity contribution in [1.82, 2.24) is 10.2 Å². The summed E-state index contributed by atoms with van der Waals surface area (Å²) in [6.45, 7) is 8.68. The third kappa shape index (κ3) is 5.78. The van der Waals surface area contributed by atoms with Crippen LogP contribution in [0.2, 0.25) is 0 Å². The lowest BCUT2D eigenvalue weighted by molar-refractivity contribution is -0.129. The minimum atomic E-state index is 0.186. The lowest BCUT2D eigenvalue weighted by Crippen LogP contribution is -2.41. The Hall–Kier alpha value is -0.570. The molecule has 0 aliphatic rings. The van der Waals surface area contributed by atoms with Gasteiger partial charge < -0.3 is 10.2 Å². The number of hydrogen-bond donors (Lipinski definition) is 1. The molecule has 3 atom stereocenters. The zero-order valence-electron chi connectivity index (χ0n) is 11.0. The van der Waals surface area contributed by atoms with E-state index < -0.39 is 0 Å². The van der Waals surface area contributed by atoms with Gasteiger partial charge in [-0.05, 0) is 19.8 Å². The third-order valence-electron chi connectivity index (χ3n) is 3.02. The molecule has 0 spiro atoms. The van der Waals surface area contributed by atoms with Crippen LogP contribution in [0.3, 0.4) is 0 Å². The summed E-state index contributed by atoms with van der Waals surface area (Å²) in [6, 6.07) is 0.726. The number of rotatable bonds is 6. The molecule has 0 fully saturated rings. The smallest absolute Gasteiger partial charge is 0.223 e. The second-order valence-corrected chi connectivity index (χ2v) is 4.73. The maximum Gasteiger partial charge on any atom is 0.223 e. The SMILES string of the molecule is CCC(C)C(C)NC(C)CC(=O)N(C)C. The van der Waals surface area contributed by atoms with Gasteiger partial charge in [0.05, 0.1) is 0 Å². The third-order valence-corrected chi connectivity index (χ3v) is 3.02. The molecule has 3 unspecified atom stereocenters. The largest absolute Gasteiger partial charge is 0.349 e. The highest BCUT2D eigenvalue weighted by Crippen LogP contribution is 2.08. The van der Waals surface area contributed by atoms with Crippen molar-refractivity contribution >= 4 is 5.91 Å². The second kappa shape index (κ2) is 6.83. The first-order valence-electron chi connectivity index (χ1n) is 5.84. The zero-order chi connectivity index (χ0) is 12.0. The van der Waals surface area contributed by atoms with E-state index in [1.807, 2.05) is 0 Å². The van der Waals surface area contributed by atoms with Crippen LogP contribution in [0.4, 0.5) is 0 Å². The van der Waals surface area contributed by atoms with E-state index in [9.17, 15) is 4.79 Å². The fourth-order valence-corrected chi connectivity index (χ4v) is 1.47. The highest BCUT2D eigenvalue weighted by Gasteiger charge is 2.15. The van der Waals surface area contributed by atoms with Crippen molar-refractivity contribution in [2.45, 2.75) is 52.6 Å². The minimum absolute atomic E-state index is 0.186. The number of carbonyl (C=O) groups is 1. The molecule has 15 heavy (non-hydrogen) atoms. The number of amides is 1. The monoisotopic (exact) mass is 214 g/mol. The van der Waals surface area contributed by atoms with E-state index in [2.05, 4.69) is 33.0 Å². The van der Waals surface area contributed by atoms with Crippen molar-refractivity contribution in [2.75, 3.05) is 14.1 Å². The first kappa shape index (κ1) is 14.4. The molecule has 0 saturated heterocycles.